The zero-order chi connectivity index (χ0) is 15.6. The molecular formula is C16H17FN2O2. The van der Waals surface area contributed by atoms with E-state index in [9.17, 15) is 14.3 Å². The molecule has 1 atom stereocenters. The average Bonchev–Trinajstić information content (AvgIpc) is 2.46. The summed E-state index contributed by atoms with van der Waals surface area (Å²) in [5.41, 5.74) is 7.24. The van der Waals surface area contributed by atoms with Crippen LogP contribution in [0.2, 0.25) is 0 Å². The van der Waals surface area contributed by atoms with Gasteiger partial charge in [0.05, 0.1) is 23.0 Å². The van der Waals surface area contributed by atoms with Crippen LogP contribution < -0.4 is 10.6 Å². The number of carbonyl (C=O) groups is 1. The monoisotopic (exact) mass is 288 g/mol. The van der Waals surface area contributed by atoms with Crippen LogP contribution in [0.25, 0.3) is 0 Å². The second-order valence-electron chi connectivity index (χ2n) is 4.86. The van der Waals surface area contributed by atoms with Gasteiger partial charge in [0, 0.05) is 12.6 Å². The minimum Gasteiger partial charge on any atom is -0.478 e. The van der Waals surface area contributed by atoms with Crippen LogP contribution in [0.4, 0.5) is 15.8 Å². The molecule has 21 heavy (non-hydrogen) atoms. The second kappa shape index (κ2) is 5.83. The smallest absolute Gasteiger partial charge is 0.337 e. The molecule has 0 saturated heterocycles. The number of carboxylic acids is 1. The maximum atomic E-state index is 13.9. The Morgan fingerprint density at radius 1 is 1.24 bits per heavy atom. The molecule has 2 aromatic carbocycles. The van der Waals surface area contributed by atoms with Crippen molar-refractivity contribution < 1.29 is 14.3 Å². The van der Waals surface area contributed by atoms with Gasteiger partial charge in [0.15, 0.2) is 0 Å². The zero-order valence-electron chi connectivity index (χ0n) is 11.9. The first-order valence-electron chi connectivity index (χ1n) is 6.52. The number of hydrogen-bond acceptors (Lipinski definition) is 3. The molecular weight excluding hydrogens is 271 g/mol. The van der Waals surface area contributed by atoms with Crippen LogP contribution >= 0.6 is 0 Å². The minimum absolute atomic E-state index is 0.0979. The number of hydrogen-bond donors (Lipinski definition) is 2. The first kappa shape index (κ1) is 14.8. The van der Waals surface area contributed by atoms with Gasteiger partial charge in [-0.15, -0.1) is 0 Å². The van der Waals surface area contributed by atoms with Crippen LogP contribution in [0.3, 0.4) is 0 Å². The summed E-state index contributed by atoms with van der Waals surface area (Å²) in [6, 6.07) is 10.8. The summed E-state index contributed by atoms with van der Waals surface area (Å²) in [4.78, 5) is 13.0. The highest BCUT2D eigenvalue weighted by molar-refractivity contribution is 5.98. The molecule has 0 saturated carbocycles. The number of nitrogens with zero attached hydrogens (tertiary/aromatic N) is 1. The molecule has 4 nitrogen and oxygen atoms in total. The summed E-state index contributed by atoms with van der Waals surface area (Å²) >= 11 is 0. The van der Waals surface area contributed by atoms with Gasteiger partial charge in [-0.1, -0.05) is 24.3 Å². The van der Waals surface area contributed by atoms with E-state index in [1.807, 2.05) is 0 Å². The van der Waals surface area contributed by atoms with E-state index in [4.69, 9.17) is 5.73 Å². The fraction of sp³-hybridized carbons (Fsp3) is 0.188. The maximum absolute atomic E-state index is 13.9. The van der Waals surface area contributed by atoms with Crippen molar-refractivity contribution in [3.8, 4) is 0 Å². The lowest BCUT2D eigenvalue weighted by Crippen LogP contribution is -2.25. The van der Waals surface area contributed by atoms with Crippen LogP contribution in [0, 0.1) is 5.82 Å². The van der Waals surface area contributed by atoms with E-state index in [1.54, 1.807) is 49.2 Å². The molecule has 1 unspecified atom stereocenters. The number of para-hydroxylation sites is 1. The summed E-state index contributed by atoms with van der Waals surface area (Å²) in [6.07, 6.45) is 0. The van der Waals surface area contributed by atoms with Gasteiger partial charge >= 0.3 is 5.97 Å². The van der Waals surface area contributed by atoms with Gasteiger partial charge in [-0.05, 0) is 25.1 Å². The molecule has 0 heterocycles. The lowest BCUT2D eigenvalue weighted by atomic mass is 10.0. The first-order valence-corrected chi connectivity index (χ1v) is 6.52. The summed E-state index contributed by atoms with van der Waals surface area (Å²) in [6.45, 7) is 1.80. The minimum atomic E-state index is -1.06. The highest BCUT2D eigenvalue weighted by atomic mass is 19.1. The molecule has 5 heteroatoms. The van der Waals surface area contributed by atoms with Crippen molar-refractivity contribution in [3.05, 3.63) is 59.4 Å². The van der Waals surface area contributed by atoms with Crippen LogP contribution in [-0.4, -0.2) is 18.1 Å². The molecule has 0 aliphatic carbocycles. The van der Waals surface area contributed by atoms with E-state index in [0.29, 0.717) is 16.9 Å². The molecule has 0 fully saturated rings. The normalized spacial score (nSPS) is 12.0. The summed E-state index contributed by atoms with van der Waals surface area (Å²) in [5.74, 6) is -1.40. The third-order valence-electron chi connectivity index (χ3n) is 3.59. The quantitative estimate of drug-likeness (QED) is 0.847. The third-order valence-corrected chi connectivity index (χ3v) is 3.59. The van der Waals surface area contributed by atoms with Crippen molar-refractivity contribution in [3.63, 3.8) is 0 Å². The van der Waals surface area contributed by atoms with Crippen molar-refractivity contribution in [2.45, 2.75) is 13.0 Å². The lowest BCUT2D eigenvalue weighted by Gasteiger charge is -2.30. The van der Waals surface area contributed by atoms with Gasteiger partial charge in [0.1, 0.15) is 5.82 Å². The fourth-order valence-electron chi connectivity index (χ4n) is 2.34. The average molecular weight is 288 g/mol. The first-order chi connectivity index (χ1) is 9.93. The van der Waals surface area contributed by atoms with Gasteiger partial charge in [-0.3, -0.25) is 0 Å². The molecule has 0 spiro atoms. The fourth-order valence-corrected chi connectivity index (χ4v) is 2.34. The maximum Gasteiger partial charge on any atom is 0.337 e. The van der Waals surface area contributed by atoms with E-state index in [0.717, 1.165) is 0 Å². The van der Waals surface area contributed by atoms with Crippen LogP contribution in [0.5, 0.6) is 0 Å². The highest BCUT2D eigenvalue weighted by Gasteiger charge is 2.22. The molecule has 0 bridgehead atoms. The van der Waals surface area contributed by atoms with E-state index in [1.165, 1.54) is 12.1 Å². The van der Waals surface area contributed by atoms with Crippen molar-refractivity contribution in [1.82, 2.24) is 0 Å². The van der Waals surface area contributed by atoms with E-state index in [2.05, 4.69) is 0 Å². The molecule has 0 aromatic heterocycles. The Morgan fingerprint density at radius 2 is 1.90 bits per heavy atom. The van der Waals surface area contributed by atoms with Gasteiger partial charge in [-0.25, -0.2) is 9.18 Å². The number of halogens is 1. The van der Waals surface area contributed by atoms with Gasteiger partial charge in [0.2, 0.25) is 0 Å². The topological polar surface area (TPSA) is 66.6 Å². The SMILES string of the molecule is CC(c1ccccc1F)N(C)c1c(N)cccc1C(=O)O. The number of rotatable bonds is 4. The van der Waals surface area contributed by atoms with E-state index < -0.39 is 5.97 Å². The molecule has 2 rings (SSSR count). The van der Waals surface area contributed by atoms with Gasteiger partial charge in [0.25, 0.3) is 0 Å². The van der Waals surface area contributed by atoms with Crippen molar-refractivity contribution in [2.75, 3.05) is 17.7 Å². The highest BCUT2D eigenvalue weighted by Crippen LogP contribution is 2.33. The molecule has 3 N–H and O–H groups in total. The molecule has 0 aliphatic heterocycles. The van der Waals surface area contributed by atoms with E-state index >= 15 is 0 Å². The molecule has 0 amide bonds. The summed E-state index contributed by atoms with van der Waals surface area (Å²) in [5, 5.41) is 9.29. The number of benzene rings is 2. The van der Waals surface area contributed by atoms with Crippen LogP contribution in [0.1, 0.15) is 28.9 Å². The van der Waals surface area contributed by atoms with Crippen molar-refractivity contribution >= 4 is 17.3 Å². The predicted octanol–water partition coefficient (Wildman–Crippen LogP) is 3.30. The Bertz CT molecular complexity index is 673. The third kappa shape index (κ3) is 2.81. The Morgan fingerprint density at radius 3 is 2.52 bits per heavy atom. The molecule has 0 radical (unpaired) electrons. The number of nitrogens with two attached hydrogens (primary N) is 1. The predicted molar refractivity (Wildman–Crippen MR) is 81.0 cm³/mol. The van der Waals surface area contributed by atoms with Crippen LogP contribution in [-0.2, 0) is 0 Å². The number of carboxylic acid groups (broad SMARTS) is 1. The van der Waals surface area contributed by atoms with Gasteiger partial charge < -0.3 is 15.7 Å². The van der Waals surface area contributed by atoms with Crippen molar-refractivity contribution in [2.24, 2.45) is 0 Å². The Hall–Kier alpha value is -2.56. The standard InChI is InChI=1S/C16H17FN2O2/c1-10(11-6-3-4-8-13(11)17)19(2)15-12(16(20)21)7-5-9-14(15)18/h3-10H,18H2,1-2H3,(H,20,21). The largest absolute Gasteiger partial charge is 0.478 e. The number of anilines is 2. The van der Waals surface area contributed by atoms with E-state index in [-0.39, 0.29) is 17.4 Å². The van der Waals surface area contributed by atoms with Crippen molar-refractivity contribution in [1.29, 1.82) is 0 Å². The second-order valence-corrected chi connectivity index (χ2v) is 4.86. The van der Waals surface area contributed by atoms with Crippen LogP contribution in [0.15, 0.2) is 42.5 Å². The number of aromatic carboxylic acids is 1. The van der Waals surface area contributed by atoms with Gasteiger partial charge in [-0.2, -0.15) is 0 Å². The molecule has 2 aromatic rings. The Kier molecular flexibility index (Phi) is 4.12. The molecule has 110 valence electrons. The summed E-state index contributed by atoms with van der Waals surface area (Å²) < 4.78 is 13.9. The zero-order valence-corrected chi connectivity index (χ0v) is 11.9. The number of nitrogen functional groups attached to an aromatic ring is 1. The molecule has 0 aliphatic rings. The lowest BCUT2D eigenvalue weighted by molar-refractivity contribution is 0.0697. The summed E-state index contributed by atoms with van der Waals surface area (Å²) in [7, 11) is 1.70. The Balaban J connectivity index is 2.48. The Labute approximate surface area is 122 Å².